The lowest BCUT2D eigenvalue weighted by Gasteiger charge is -2.11. The normalized spacial score (nSPS) is 11.0. The molecule has 0 unspecified atom stereocenters. The molecule has 0 atom stereocenters. The van der Waals surface area contributed by atoms with Crippen molar-refractivity contribution in [1.82, 2.24) is 10.1 Å². The topological polar surface area (TPSA) is 85.5 Å². The van der Waals surface area contributed by atoms with Crippen LogP contribution in [0.3, 0.4) is 0 Å². The number of carboxylic acid groups (broad SMARTS) is 1. The van der Waals surface area contributed by atoms with Gasteiger partial charge in [0.05, 0.1) is 0 Å². The molecular formula is C14H13BrN2O4. The van der Waals surface area contributed by atoms with Crippen molar-refractivity contribution in [1.29, 1.82) is 0 Å². The second-order valence-electron chi connectivity index (χ2n) is 4.33. The standard InChI is InChI=1S/C14H13BrN2O4/c1-8-5-11(15)6-10(3-4-13(18)19)14(8)20-7-12-16-9(2)21-17-12/h3-6H,7H2,1-2H3,(H,18,19)/b4-3+. The molecule has 0 spiro atoms. The third-order valence-electron chi connectivity index (χ3n) is 2.59. The van der Waals surface area contributed by atoms with Crippen molar-refractivity contribution < 1.29 is 19.2 Å². The quantitative estimate of drug-likeness (QED) is 0.832. The summed E-state index contributed by atoms with van der Waals surface area (Å²) in [5, 5.41) is 12.5. The highest BCUT2D eigenvalue weighted by molar-refractivity contribution is 9.10. The van der Waals surface area contributed by atoms with E-state index in [9.17, 15) is 4.79 Å². The maximum absolute atomic E-state index is 10.7. The summed E-state index contributed by atoms with van der Waals surface area (Å²) in [7, 11) is 0. The molecule has 0 saturated heterocycles. The Labute approximate surface area is 129 Å². The Bertz CT molecular complexity index is 694. The molecule has 0 aliphatic heterocycles. The van der Waals surface area contributed by atoms with Crippen LogP contribution in [0.1, 0.15) is 22.8 Å². The number of benzene rings is 1. The van der Waals surface area contributed by atoms with Crippen LogP contribution in [0.2, 0.25) is 0 Å². The van der Waals surface area contributed by atoms with Crippen molar-refractivity contribution in [2.75, 3.05) is 0 Å². The molecule has 0 saturated carbocycles. The number of hydrogen-bond acceptors (Lipinski definition) is 5. The largest absolute Gasteiger partial charge is 0.485 e. The smallest absolute Gasteiger partial charge is 0.328 e. The highest BCUT2D eigenvalue weighted by atomic mass is 79.9. The number of halogens is 1. The van der Waals surface area contributed by atoms with Gasteiger partial charge in [-0.3, -0.25) is 0 Å². The lowest BCUT2D eigenvalue weighted by atomic mass is 10.1. The molecule has 2 aromatic rings. The molecule has 6 nitrogen and oxygen atoms in total. The summed E-state index contributed by atoms with van der Waals surface area (Å²) in [5.41, 5.74) is 1.53. The van der Waals surface area contributed by atoms with Crippen LogP contribution in [-0.4, -0.2) is 21.2 Å². The van der Waals surface area contributed by atoms with Gasteiger partial charge in [0.15, 0.2) is 6.61 Å². The Morgan fingerprint density at radius 1 is 1.48 bits per heavy atom. The maximum Gasteiger partial charge on any atom is 0.328 e. The van der Waals surface area contributed by atoms with Crippen LogP contribution >= 0.6 is 15.9 Å². The van der Waals surface area contributed by atoms with E-state index in [-0.39, 0.29) is 6.61 Å². The first-order valence-electron chi connectivity index (χ1n) is 6.09. The van der Waals surface area contributed by atoms with E-state index in [1.165, 1.54) is 6.08 Å². The molecule has 1 aromatic carbocycles. The van der Waals surface area contributed by atoms with E-state index in [2.05, 4.69) is 26.1 Å². The summed E-state index contributed by atoms with van der Waals surface area (Å²) in [6, 6.07) is 3.66. The fraction of sp³-hybridized carbons (Fsp3) is 0.214. The Balaban J connectivity index is 2.26. The van der Waals surface area contributed by atoms with Gasteiger partial charge in [-0.05, 0) is 30.7 Å². The van der Waals surface area contributed by atoms with Gasteiger partial charge in [-0.25, -0.2) is 4.79 Å². The van der Waals surface area contributed by atoms with Crippen LogP contribution in [0.15, 0.2) is 27.2 Å². The summed E-state index contributed by atoms with van der Waals surface area (Å²) in [6.45, 7) is 3.72. The van der Waals surface area contributed by atoms with Crippen molar-refractivity contribution >= 4 is 28.0 Å². The Hall–Kier alpha value is -2.15. The number of aryl methyl sites for hydroxylation is 2. The number of aliphatic carboxylic acids is 1. The van der Waals surface area contributed by atoms with Crippen molar-refractivity contribution in [3.8, 4) is 5.75 Å². The monoisotopic (exact) mass is 352 g/mol. The number of carbonyl (C=O) groups is 1. The van der Waals surface area contributed by atoms with Crippen molar-refractivity contribution in [3.63, 3.8) is 0 Å². The Morgan fingerprint density at radius 2 is 2.24 bits per heavy atom. The first-order chi connectivity index (χ1) is 9.95. The molecule has 0 aliphatic rings. The van der Waals surface area contributed by atoms with Gasteiger partial charge < -0.3 is 14.4 Å². The zero-order valence-electron chi connectivity index (χ0n) is 11.5. The van der Waals surface area contributed by atoms with E-state index in [4.69, 9.17) is 14.4 Å². The van der Waals surface area contributed by atoms with E-state index < -0.39 is 5.97 Å². The van der Waals surface area contributed by atoms with Crippen molar-refractivity contribution in [3.05, 3.63) is 45.5 Å². The number of hydrogen-bond donors (Lipinski definition) is 1. The maximum atomic E-state index is 10.7. The summed E-state index contributed by atoms with van der Waals surface area (Å²) in [6.07, 6.45) is 2.55. The molecule has 0 amide bonds. The van der Waals surface area contributed by atoms with E-state index >= 15 is 0 Å². The lowest BCUT2D eigenvalue weighted by molar-refractivity contribution is -0.131. The molecule has 7 heteroatoms. The predicted molar refractivity (Wildman–Crippen MR) is 78.9 cm³/mol. The average Bonchev–Trinajstić information content (AvgIpc) is 2.80. The van der Waals surface area contributed by atoms with Crippen LogP contribution in [0.5, 0.6) is 5.75 Å². The molecular weight excluding hydrogens is 340 g/mol. The Morgan fingerprint density at radius 3 is 2.86 bits per heavy atom. The van der Waals surface area contributed by atoms with Crippen molar-refractivity contribution in [2.45, 2.75) is 20.5 Å². The zero-order valence-corrected chi connectivity index (χ0v) is 13.0. The SMILES string of the molecule is Cc1nc(COc2c(C)cc(Br)cc2/C=C/C(=O)O)no1. The van der Waals surface area contributed by atoms with Gasteiger partial charge in [-0.2, -0.15) is 4.98 Å². The highest BCUT2D eigenvalue weighted by Gasteiger charge is 2.10. The van der Waals surface area contributed by atoms with Gasteiger partial charge in [0.1, 0.15) is 5.75 Å². The lowest BCUT2D eigenvalue weighted by Crippen LogP contribution is -2.01. The minimum Gasteiger partial charge on any atom is -0.485 e. The van der Waals surface area contributed by atoms with E-state index in [0.29, 0.717) is 23.0 Å². The summed E-state index contributed by atoms with van der Waals surface area (Å²) in [4.78, 5) is 14.7. The first-order valence-corrected chi connectivity index (χ1v) is 6.88. The fourth-order valence-electron chi connectivity index (χ4n) is 1.77. The van der Waals surface area contributed by atoms with Crippen LogP contribution in [0, 0.1) is 13.8 Å². The minimum atomic E-state index is -1.02. The molecule has 2 rings (SSSR count). The van der Waals surface area contributed by atoms with Gasteiger partial charge in [0.2, 0.25) is 11.7 Å². The number of carboxylic acids is 1. The van der Waals surface area contributed by atoms with E-state index in [0.717, 1.165) is 16.1 Å². The van der Waals surface area contributed by atoms with Gasteiger partial charge in [-0.15, -0.1) is 0 Å². The summed E-state index contributed by atoms with van der Waals surface area (Å²) in [5.74, 6) is 0.459. The molecule has 1 N–H and O–H groups in total. The van der Waals surface area contributed by atoms with E-state index in [1.807, 2.05) is 13.0 Å². The van der Waals surface area contributed by atoms with Crippen LogP contribution < -0.4 is 4.74 Å². The predicted octanol–water partition coefficient (Wildman–Crippen LogP) is 3.13. The second kappa shape index (κ2) is 6.53. The third kappa shape index (κ3) is 4.16. The molecule has 1 heterocycles. The second-order valence-corrected chi connectivity index (χ2v) is 5.25. The van der Waals surface area contributed by atoms with Crippen molar-refractivity contribution in [2.24, 2.45) is 0 Å². The van der Waals surface area contributed by atoms with Gasteiger partial charge in [0, 0.05) is 23.0 Å². The van der Waals surface area contributed by atoms with Gasteiger partial charge in [-0.1, -0.05) is 21.1 Å². The minimum absolute atomic E-state index is 0.147. The fourth-order valence-corrected chi connectivity index (χ4v) is 2.36. The number of nitrogens with zero attached hydrogens (tertiary/aromatic N) is 2. The van der Waals surface area contributed by atoms with Crippen LogP contribution in [0.25, 0.3) is 6.08 Å². The third-order valence-corrected chi connectivity index (χ3v) is 3.05. The Kier molecular flexibility index (Phi) is 4.74. The average molecular weight is 353 g/mol. The first kappa shape index (κ1) is 15.2. The molecule has 0 bridgehead atoms. The summed E-state index contributed by atoms with van der Waals surface area (Å²) < 4.78 is 11.4. The number of aromatic nitrogens is 2. The van der Waals surface area contributed by atoms with E-state index in [1.54, 1.807) is 13.0 Å². The molecule has 0 radical (unpaired) electrons. The highest BCUT2D eigenvalue weighted by Crippen LogP contribution is 2.29. The molecule has 0 fully saturated rings. The molecule has 21 heavy (non-hydrogen) atoms. The van der Waals surface area contributed by atoms with Gasteiger partial charge >= 0.3 is 5.97 Å². The van der Waals surface area contributed by atoms with Crippen LogP contribution in [0.4, 0.5) is 0 Å². The molecule has 1 aromatic heterocycles. The summed E-state index contributed by atoms with van der Waals surface area (Å²) >= 11 is 3.38. The number of ether oxygens (including phenoxy) is 1. The van der Waals surface area contributed by atoms with Gasteiger partial charge in [0.25, 0.3) is 0 Å². The molecule has 110 valence electrons. The van der Waals surface area contributed by atoms with Crippen LogP contribution in [-0.2, 0) is 11.4 Å². The number of rotatable bonds is 5. The molecule has 0 aliphatic carbocycles. The zero-order chi connectivity index (χ0) is 15.4.